The summed E-state index contributed by atoms with van der Waals surface area (Å²) in [7, 11) is 0. The van der Waals surface area contributed by atoms with Gasteiger partial charge in [0.1, 0.15) is 5.71 Å². The first kappa shape index (κ1) is 21.9. The van der Waals surface area contributed by atoms with Crippen molar-refractivity contribution in [3.8, 4) is 0 Å². The monoisotopic (exact) mass is 407 g/mol. The van der Waals surface area contributed by atoms with Crippen molar-refractivity contribution in [1.29, 1.82) is 5.41 Å². The molecule has 0 aliphatic heterocycles. The number of unbranched alkanes of at least 4 members (excludes halogenated alkanes) is 3. The smallest absolute Gasteiger partial charge is 0.397 e. The van der Waals surface area contributed by atoms with Gasteiger partial charge >= 0.3 is 6.18 Å². The van der Waals surface area contributed by atoms with Crippen molar-refractivity contribution in [2.24, 2.45) is 5.73 Å². The number of halogens is 3. The summed E-state index contributed by atoms with van der Waals surface area (Å²) >= 11 is 1.74. The molecule has 2 rings (SSSR count). The van der Waals surface area contributed by atoms with E-state index in [1.807, 2.05) is 12.2 Å². The molecular formula is C21H24F3N3S. The molecule has 0 bridgehead atoms. The maximum Gasteiger partial charge on any atom is 0.432 e. The van der Waals surface area contributed by atoms with E-state index in [1.165, 1.54) is 36.8 Å². The molecule has 2 heterocycles. The van der Waals surface area contributed by atoms with Gasteiger partial charge in [-0.15, -0.1) is 11.3 Å². The normalized spacial score (nSPS) is 12.6. The minimum atomic E-state index is -4.73. The van der Waals surface area contributed by atoms with Crippen molar-refractivity contribution in [1.82, 2.24) is 4.98 Å². The Kier molecular flexibility index (Phi) is 7.99. The van der Waals surface area contributed by atoms with Gasteiger partial charge in [-0.25, -0.2) is 0 Å². The molecular weight excluding hydrogens is 383 g/mol. The van der Waals surface area contributed by atoms with E-state index in [0.717, 1.165) is 16.9 Å². The van der Waals surface area contributed by atoms with Crippen LogP contribution in [0.25, 0.3) is 17.8 Å². The highest BCUT2D eigenvalue weighted by Crippen LogP contribution is 2.22. The Morgan fingerprint density at radius 3 is 2.68 bits per heavy atom. The number of aryl methyl sites for hydroxylation is 1. The number of rotatable bonds is 9. The molecule has 0 radical (unpaired) electrons. The van der Waals surface area contributed by atoms with E-state index in [9.17, 15) is 13.2 Å². The lowest BCUT2D eigenvalue weighted by Crippen LogP contribution is -2.20. The van der Waals surface area contributed by atoms with Crippen LogP contribution in [-0.2, 0) is 6.42 Å². The van der Waals surface area contributed by atoms with E-state index in [2.05, 4.69) is 24.0 Å². The molecule has 2 aromatic rings. The van der Waals surface area contributed by atoms with Crippen LogP contribution in [-0.4, -0.2) is 16.9 Å². The van der Waals surface area contributed by atoms with Gasteiger partial charge in [0.25, 0.3) is 0 Å². The first-order valence-corrected chi connectivity index (χ1v) is 9.97. The lowest BCUT2D eigenvalue weighted by atomic mass is 10.1. The second-order valence-corrected chi connectivity index (χ2v) is 7.63. The molecule has 0 aliphatic carbocycles. The third kappa shape index (κ3) is 6.96. The number of hydrogen-bond donors (Lipinski definition) is 2. The Bertz CT molecular complexity index is 851. The van der Waals surface area contributed by atoms with Crippen molar-refractivity contribution in [3.63, 3.8) is 0 Å². The largest absolute Gasteiger partial charge is 0.432 e. The second-order valence-electron chi connectivity index (χ2n) is 6.43. The summed E-state index contributed by atoms with van der Waals surface area (Å²) in [6.07, 6.45) is 7.22. The molecule has 0 fully saturated rings. The summed E-state index contributed by atoms with van der Waals surface area (Å²) in [5, 5.41) is 7.02. The molecule has 3 nitrogen and oxygen atoms in total. The van der Waals surface area contributed by atoms with Crippen LogP contribution in [0.4, 0.5) is 13.2 Å². The third-order valence-corrected chi connectivity index (χ3v) is 5.19. The van der Waals surface area contributed by atoms with Gasteiger partial charge in [-0.2, -0.15) is 13.2 Å². The Labute approximate surface area is 167 Å². The molecule has 0 amide bonds. The van der Waals surface area contributed by atoms with Crippen LogP contribution in [0.15, 0.2) is 36.5 Å². The van der Waals surface area contributed by atoms with Crippen molar-refractivity contribution >= 4 is 34.9 Å². The van der Waals surface area contributed by atoms with Crippen LogP contribution in [0.2, 0.25) is 0 Å². The van der Waals surface area contributed by atoms with Crippen LogP contribution in [0.1, 0.15) is 53.6 Å². The number of nitrogens with two attached hydrogens (primary N) is 1. The lowest BCUT2D eigenvalue weighted by Gasteiger charge is -2.06. The molecule has 0 spiro atoms. The van der Waals surface area contributed by atoms with E-state index in [4.69, 9.17) is 11.1 Å². The van der Waals surface area contributed by atoms with Gasteiger partial charge in [0.05, 0.1) is 11.4 Å². The highest BCUT2D eigenvalue weighted by atomic mass is 32.1. The summed E-state index contributed by atoms with van der Waals surface area (Å²) in [5.74, 6) is 0. The van der Waals surface area contributed by atoms with Crippen molar-refractivity contribution in [2.75, 3.05) is 0 Å². The molecule has 150 valence electrons. The number of pyridine rings is 1. The second kappa shape index (κ2) is 10.2. The number of allylic oxidation sites excluding steroid dienone is 1. The maximum absolute atomic E-state index is 12.5. The van der Waals surface area contributed by atoms with Crippen LogP contribution < -0.4 is 5.73 Å². The molecule has 7 heteroatoms. The zero-order chi connectivity index (χ0) is 20.6. The zero-order valence-electron chi connectivity index (χ0n) is 15.7. The van der Waals surface area contributed by atoms with Gasteiger partial charge in [0.2, 0.25) is 0 Å². The van der Waals surface area contributed by atoms with E-state index in [0.29, 0.717) is 6.08 Å². The van der Waals surface area contributed by atoms with Crippen molar-refractivity contribution in [3.05, 3.63) is 57.6 Å². The van der Waals surface area contributed by atoms with Gasteiger partial charge < -0.3 is 5.73 Å². The first-order chi connectivity index (χ1) is 13.3. The average Bonchev–Trinajstić information content (AvgIpc) is 3.11. The van der Waals surface area contributed by atoms with Crippen LogP contribution in [0.3, 0.4) is 0 Å². The van der Waals surface area contributed by atoms with Gasteiger partial charge in [-0.1, -0.05) is 32.3 Å². The number of nitrogens with zero attached hydrogens (tertiary/aromatic N) is 1. The molecule has 28 heavy (non-hydrogen) atoms. The van der Waals surface area contributed by atoms with E-state index in [1.54, 1.807) is 23.5 Å². The Morgan fingerprint density at radius 1 is 1.18 bits per heavy atom. The number of nitrogens with one attached hydrogen (secondary N) is 1. The van der Waals surface area contributed by atoms with E-state index in [-0.39, 0.29) is 11.4 Å². The Hall–Kier alpha value is -2.41. The summed E-state index contributed by atoms with van der Waals surface area (Å²) in [4.78, 5) is 6.46. The summed E-state index contributed by atoms with van der Waals surface area (Å²) in [6, 6.07) is 7.56. The van der Waals surface area contributed by atoms with Gasteiger partial charge in [-0.3, -0.25) is 10.4 Å². The Balaban J connectivity index is 2.03. The fourth-order valence-electron chi connectivity index (χ4n) is 2.54. The zero-order valence-corrected chi connectivity index (χ0v) is 16.5. The molecule has 0 saturated carbocycles. The fourth-order valence-corrected chi connectivity index (χ4v) is 3.50. The van der Waals surface area contributed by atoms with Crippen LogP contribution in [0.5, 0.6) is 0 Å². The first-order valence-electron chi connectivity index (χ1n) is 9.15. The number of alkyl halides is 3. The summed E-state index contributed by atoms with van der Waals surface area (Å²) in [6.45, 7) is 2.20. The van der Waals surface area contributed by atoms with Crippen molar-refractivity contribution < 1.29 is 13.2 Å². The SMILES string of the molecule is CCCCCCc1ccc(/C=C/c2ccnc(/C(N)=C/C(=N)C(F)(F)F)c2)s1. The topological polar surface area (TPSA) is 62.8 Å². The van der Waals surface area contributed by atoms with E-state index < -0.39 is 11.9 Å². The predicted octanol–water partition coefficient (Wildman–Crippen LogP) is 6.32. The van der Waals surface area contributed by atoms with Gasteiger partial charge in [-0.05, 0) is 54.8 Å². The average molecular weight is 408 g/mol. The number of hydrogen-bond acceptors (Lipinski definition) is 4. The minimum Gasteiger partial charge on any atom is -0.397 e. The van der Waals surface area contributed by atoms with Crippen LogP contribution >= 0.6 is 11.3 Å². The highest BCUT2D eigenvalue weighted by molar-refractivity contribution is 7.12. The van der Waals surface area contributed by atoms with Crippen molar-refractivity contribution in [2.45, 2.75) is 45.2 Å². The molecule has 0 aromatic carbocycles. The molecule has 3 N–H and O–H groups in total. The quantitative estimate of drug-likeness (QED) is 0.377. The predicted molar refractivity (Wildman–Crippen MR) is 111 cm³/mol. The van der Waals surface area contributed by atoms with Crippen LogP contribution in [0, 0.1) is 5.41 Å². The third-order valence-electron chi connectivity index (χ3n) is 4.08. The van der Waals surface area contributed by atoms with E-state index >= 15 is 0 Å². The number of thiophene rings is 1. The Morgan fingerprint density at radius 2 is 1.96 bits per heavy atom. The van der Waals surface area contributed by atoms with Gasteiger partial charge in [0, 0.05) is 16.0 Å². The minimum absolute atomic E-state index is 0.192. The number of aromatic nitrogens is 1. The molecule has 0 aliphatic rings. The summed E-state index contributed by atoms with van der Waals surface area (Å²) < 4.78 is 37.4. The molecule has 0 atom stereocenters. The lowest BCUT2D eigenvalue weighted by molar-refractivity contribution is -0.0583. The fraction of sp³-hybridized carbons (Fsp3) is 0.333. The van der Waals surface area contributed by atoms with Gasteiger partial charge in [0.15, 0.2) is 0 Å². The molecule has 0 unspecified atom stereocenters. The maximum atomic E-state index is 12.5. The molecule has 2 aromatic heterocycles. The molecule has 0 saturated heterocycles. The highest BCUT2D eigenvalue weighted by Gasteiger charge is 2.32. The standard InChI is InChI=1S/C21H24F3N3S/c1-2-3-4-5-6-16-9-10-17(28-16)8-7-15-11-12-27-19(13-15)18(25)14-20(26)21(22,23)24/h7-14,26H,2-6,25H2,1H3/b8-7+,18-14-,26-20?. The summed E-state index contributed by atoms with van der Waals surface area (Å²) in [5.41, 5.74) is 4.97.